The zero-order valence-electron chi connectivity index (χ0n) is 16.8. The Labute approximate surface area is 177 Å². The highest BCUT2D eigenvalue weighted by Gasteiger charge is 2.63. The van der Waals surface area contributed by atoms with Gasteiger partial charge in [-0.25, -0.2) is 0 Å². The molecule has 6 heteroatoms. The molecule has 0 N–H and O–H groups in total. The van der Waals surface area contributed by atoms with Crippen LogP contribution < -0.4 is 0 Å². The molecule has 1 fully saturated rings. The highest BCUT2D eigenvalue weighted by molar-refractivity contribution is 8.17. The molecule has 0 aromatic heterocycles. The molecule has 0 radical (unpaired) electrons. The Balaban J connectivity index is 2.76. The molecule has 4 nitrogen and oxygen atoms in total. The first-order valence-corrected chi connectivity index (χ1v) is 11.9. The van der Waals surface area contributed by atoms with Crippen molar-refractivity contribution < 1.29 is 0 Å². The zero-order chi connectivity index (χ0) is 20.8. The van der Waals surface area contributed by atoms with Crippen LogP contribution >= 0.6 is 23.5 Å². The van der Waals surface area contributed by atoms with E-state index in [0.29, 0.717) is 5.57 Å². The number of nitriles is 4. The Kier molecular flexibility index (Phi) is 7.66. The lowest BCUT2D eigenvalue weighted by Gasteiger charge is -2.44. The highest BCUT2D eigenvalue weighted by Crippen LogP contribution is 2.59. The van der Waals surface area contributed by atoms with Crippen molar-refractivity contribution in [2.45, 2.75) is 57.5 Å². The van der Waals surface area contributed by atoms with Crippen LogP contribution in [-0.4, -0.2) is 16.1 Å². The lowest BCUT2D eigenvalue weighted by atomic mass is 9.52. The molecule has 0 bridgehead atoms. The number of rotatable bonds is 5. The molecule has 146 valence electrons. The minimum Gasteiger partial charge on any atom is -0.196 e. The third kappa shape index (κ3) is 3.57. The third-order valence-electron chi connectivity index (χ3n) is 5.72. The monoisotopic (exact) mass is 410 g/mol. The summed E-state index contributed by atoms with van der Waals surface area (Å²) in [6, 6.07) is 8.49. The molecule has 1 aliphatic carbocycles. The lowest BCUT2D eigenvalue weighted by Crippen LogP contribution is -2.48. The minimum atomic E-state index is -1.77. The quantitative estimate of drug-likeness (QED) is 0.538. The van der Waals surface area contributed by atoms with Gasteiger partial charge in [0.1, 0.15) is 0 Å². The van der Waals surface area contributed by atoms with Gasteiger partial charge in [-0.2, -0.15) is 21.0 Å². The maximum atomic E-state index is 10.2. The van der Waals surface area contributed by atoms with E-state index in [0.717, 1.165) is 54.8 Å². The fourth-order valence-corrected chi connectivity index (χ4v) is 7.08. The second-order valence-electron chi connectivity index (χ2n) is 7.46. The van der Waals surface area contributed by atoms with Gasteiger partial charge in [0.2, 0.25) is 5.41 Å². The predicted molar refractivity (Wildman–Crippen MR) is 115 cm³/mol. The van der Waals surface area contributed by atoms with Gasteiger partial charge < -0.3 is 0 Å². The topological polar surface area (TPSA) is 95.2 Å². The summed E-state index contributed by atoms with van der Waals surface area (Å²) < 4.78 is 0.142. The van der Waals surface area contributed by atoms with Crippen molar-refractivity contribution in [3.63, 3.8) is 0 Å². The second kappa shape index (κ2) is 9.56. The summed E-state index contributed by atoms with van der Waals surface area (Å²) in [5, 5.41) is 40.4. The van der Waals surface area contributed by atoms with E-state index in [2.05, 4.69) is 31.2 Å². The molecule has 2 rings (SSSR count). The fraction of sp³-hybridized carbons (Fsp3) is 0.636. The first-order chi connectivity index (χ1) is 13.5. The Hall–Kier alpha value is -1.86. The van der Waals surface area contributed by atoms with Crippen LogP contribution in [0.5, 0.6) is 0 Å². The maximum absolute atomic E-state index is 10.2. The molecule has 2 aliphatic rings. The van der Waals surface area contributed by atoms with Crippen molar-refractivity contribution in [3.8, 4) is 24.3 Å². The Bertz CT molecular complexity index is 795. The van der Waals surface area contributed by atoms with Gasteiger partial charge in [-0.3, -0.25) is 0 Å². The number of hydrogen-bond acceptors (Lipinski definition) is 6. The van der Waals surface area contributed by atoms with Gasteiger partial charge in [-0.1, -0.05) is 38.3 Å². The van der Waals surface area contributed by atoms with Gasteiger partial charge in [0.25, 0.3) is 0 Å². The van der Waals surface area contributed by atoms with Crippen LogP contribution in [0.2, 0.25) is 0 Å². The van der Waals surface area contributed by atoms with Crippen molar-refractivity contribution in [1.82, 2.24) is 0 Å². The van der Waals surface area contributed by atoms with E-state index in [1.54, 1.807) is 6.92 Å². The number of unbranched alkanes of at least 4 members (excludes halogenated alkanes) is 2. The van der Waals surface area contributed by atoms with E-state index >= 15 is 0 Å². The maximum Gasteiger partial charge on any atom is 0.201 e. The van der Waals surface area contributed by atoms with Gasteiger partial charge in [0.15, 0.2) is 5.41 Å². The number of nitrogens with zero attached hydrogens (tertiary/aromatic N) is 4. The molecule has 0 spiro atoms. The number of thioether (sulfide) groups is 2. The predicted octanol–water partition coefficient (Wildman–Crippen LogP) is 5.72. The smallest absolute Gasteiger partial charge is 0.196 e. The number of hydrogen-bond donors (Lipinski definition) is 0. The molecule has 0 saturated carbocycles. The molecule has 1 atom stereocenters. The van der Waals surface area contributed by atoms with E-state index in [1.807, 2.05) is 36.5 Å². The number of allylic oxidation sites excluding steroid dienone is 3. The van der Waals surface area contributed by atoms with Crippen LogP contribution in [0.15, 0.2) is 22.8 Å². The summed E-state index contributed by atoms with van der Waals surface area (Å²) in [5.74, 6) is 1.59. The molecule has 28 heavy (non-hydrogen) atoms. The van der Waals surface area contributed by atoms with E-state index in [1.165, 1.54) is 0 Å². The van der Waals surface area contributed by atoms with Crippen molar-refractivity contribution >= 4 is 23.5 Å². The zero-order valence-corrected chi connectivity index (χ0v) is 18.4. The van der Waals surface area contributed by atoms with E-state index in [4.69, 9.17) is 0 Å². The standard InChI is InChI=1S/C22H26N4S2/c1-4-5-6-8-16(2)19-18(20-27-9-7-10-28-20)11-17(3)21(12-23,13-24)22(19,14-25)15-26/h11,17,20H,4-10H2,1-3H3/b19-16+. The van der Waals surface area contributed by atoms with Crippen LogP contribution in [0, 0.1) is 62.1 Å². The van der Waals surface area contributed by atoms with Crippen LogP contribution in [0.3, 0.4) is 0 Å². The van der Waals surface area contributed by atoms with Gasteiger partial charge in [-0.15, -0.1) is 23.5 Å². The summed E-state index contributed by atoms with van der Waals surface area (Å²) in [6.45, 7) is 5.89. The molecule has 1 aliphatic heterocycles. The average Bonchev–Trinajstić information content (AvgIpc) is 2.73. The SMILES string of the molecule is CCCCC/C(C)=C1\C(C2SCCCS2)=CC(C)C(C#N)(C#N)C1(C#N)C#N. The summed E-state index contributed by atoms with van der Waals surface area (Å²) >= 11 is 3.67. The summed E-state index contributed by atoms with van der Waals surface area (Å²) in [6.07, 6.45) is 7.03. The molecule has 1 unspecified atom stereocenters. The molecule has 0 aromatic carbocycles. The highest BCUT2D eigenvalue weighted by atomic mass is 32.2. The van der Waals surface area contributed by atoms with Gasteiger partial charge in [0.05, 0.1) is 28.9 Å². The second-order valence-corrected chi connectivity index (χ2v) is 10.2. The van der Waals surface area contributed by atoms with Crippen LogP contribution in [-0.2, 0) is 0 Å². The Morgan fingerprint density at radius 3 is 2.18 bits per heavy atom. The summed E-state index contributed by atoms with van der Waals surface area (Å²) in [4.78, 5) is 0. The van der Waals surface area contributed by atoms with E-state index < -0.39 is 16.7 Å². The van der Waals surface area contributed by atoms with Crippen LogP contribution in [0.1, 0.15) is 52.9 Å². The van der Waals surface area contributed by atoms with Gasteiger partial charge >= 0.3 is 0 Å². The fourth-order valence-electron chi connectivity index (χ4n) is 4.14. The molecular formula is C22H26N4S2. The van der Waals surface area contributed by atoms with Crippen molar-refractivity contribution in [2.75, 3.05) is 11.5 Å². The third-order valence-corrected chi connectivity index (χ3v) is 8.70. The van der Waals surface area contributed by atoms with Gasteiger partial charge in [-0.05, 0) is 48.8 Å². The first kappa shape index (κ1) is 22.4. The average molecular weight is 411 g/mol. The van der Waals surface area contributed by atoms with E-state index in [-0.39, 0.29) is 4.58 Å². The van der Waals surface area contributed by atoms with E-state index in [9.17, 15) is 21.0 Å². The summed E-state index contributed by atoms with van der Waals surface area (Å²) in [5.41, 5.74) is -0.876. The van der Waals surface area contributed by atoms with Crippen molar-refractivity contribution in [3.05, 3.63) is 22.8 Å². The van der Waals surface area contributed by atoms with Crippen molar-refractivity contribution in [1.29, 1.82) is 21.0 Å². The van der Waals surface area contributed by atoms with Crippen molar-refractivity contribution in [2.24, 2.45) is 16.7 Å². The molecule has 1 saturated heterocycles. The Morgan fingerprint density at radius 1 is 1.07 bits per heavy atom. The lowest BCUT2D eigenvalue weighted by molar-refractivity contribution is 0.263. The molecule has 1 heterocycles. The summed E-state index contributed by atoms with van der Waals surface area (Å²) in [7, 11) is 0. The minimum absolute atomic E-state index is 0.142. The molecule has 0 amide bonds. The largest absolute Gasteiger partial charge is 0.201 e. The van der Waals surface area contributed by atoms with Crippen LogP contribution in [0.4, 0.5) is 0 Å². The molecule has 0 aromatic rings. The van der Waals surface area contributed by atoms with Gasteiger partial charge in [0, 0.05) is 5.92 Å². The van der Waals surface area contributed by atoms with Crippen LogP contribution in [0.25, 0.3) is 0 Å². The Morgan fingerprint density at radius 2 is 1.68 bits per heavy atom. The normalized spacial score (nSPS) is 25.4. The molecular weight excluding hydrogens is 384 g/mol. The first-order valence-electron chi connectivity index (χ1n) is 9.78.